The van der Waals surface area contributed by atoms with Gasteiger partial charge < -0.3 is 15.2 Å². The molecule has 2 N–H and O–H groups in total. The van der Waals surface area contributed by atoms with E-state index in [1.807, 2.05) is 18.2 Å². The van der Waals surface area contributed by atoms with E-state index in [0.717, 1.165) is 19.4 Å². The van der Waals surface area contributed by atoms with Crippen molar-refractivity contribution < 1.29 is 4.79 Å². The number of rotatable bonds is 9. The first-order valence-electron chi connectivity index (χ1n) is 9.93. The molecule has 2 aromatic carbocycles. The third-order valence-corrected chi connectivity index (χ3v) is 5.28. The molecule has 0 radical (unpaired) electrons. The predicted molar refractivity (Wildman–Crippen MR) is 125 cm³/mol. The van der Waals surface area contributed by atoms with Gasteiger partial charge >= 0.3 is 0 Å². The molecule has 0 atom stereocenters. The number of hydrogen-bond donors (Lipinski definition) is 2. The molecule has 3 aromatic rings. The molecule has 1 amide bonds. The van der Waals surface area contributed by atoms with Gasteiger partial charge in [0.05, 0.1) is 10.9 Å². The number of unbranched alkanes of at least 4 members (excludes halogenated alkanes) is 1. The quantitative estimate of drug-likeness (QED) is 0.312. The smallest absolute Gasteiger partial charge is 0.262 e. The lowest BCUT2D eigenvalue weighted by Gasteiger charge is -2.19. The maximum Gasteiger partial charge on any atom is 0.262 e. The van der Waals surface area contributed by atoms with Crippen LogP contribution in [0.1, 0.15) is 23.2 Å². The second kappa shape index (κ2) is 10.0. The molecule has 3 rings (SSSR count). The second-order valence-electron chi connectivity index (χ2n) is 7.12. The summed E-state index contributed by atoms with van der Waals surface area (Å²) in [7, 11) is 2.07. The second-order valence-corrected chi connectivity index (χ2v) is 7.50. The van der Waals surface area contributed by atoms with Gasteiger partial charge in [0.1, 0.15) is 0 Å². The zero-order valence-corrected chi connectivity index (χ0v) is 17.9. The van der Waals surface area contributed by atoms with Crippen molar-refractivity contribution >= 4 is 34.7 Å². The molecule has 156 valence electrons. The van der Waals surface area contributed by atoms with Crippen molar-refractivity contribution in [3.8, 4) is 0 Å². The average Bonchev–Trinajstić information content (AvgIpc) is 2.76. The normalized spacial score (nSPS) is 10.7. The number of aromatic nitrogens is 2. The molecule has 0 aliphatic heterocycles. The Morgan fingerprint density at radius 3 is 2.73 bits per heavy atom. The highest BCUT2D eigenvalue weighted by Crippen LogP contribution is 2.12. The Morgan fingerprint density at radius 1 is 1.23 bits per heavy atom. The molecule has 7 heteroatoms. The number of H-pyrrole nitrogens is 1. The van der Waals surface area contributed by atoms with Crippen LogP contribution in [0, 0.1) is 4.77 Å². The Morgan fingerprint density at radius 2 is 2.00 bits per heavy atom. The Bertz CT molecular complexity index is 1150. The lowest BCUT2D eigenvalue weighted by molar-refractivity contribution is 0.0953. The van der Waals surface area contributed by atoms with Gasteiger partial charge in [0.25, 0.3) is 11.5 Å². The molecule has 0 unspecified atom stereocenters. The fraction of sp³-hybridized carbons (Fsp3) is 0.261. The van der Waals surface area contributed by atoms with Crippen molar-refractivity contribution in [1.82, 2.24) is 14.9 Å². The number of carbonyl (C=O) groups is 1. The maximum atomic E-state index is 12.5. The number of benzene rings is 2. The number of aromatic amines is 1. The summed E-state index contributed by atoms with van der Waals surface area (Å²) in [6.07, 6.45) is 3.47. The number of carbonyl (C=O) groups excluding carboxylic acids is 1. The monoisotopic (exact) mass is 422 g/mol. The van der Waals surface area contributed by atoms with Gasteiger partial charge in [-0.1, -0.05) is 24.3 Å². The molecule has 0 bridgehead atoms. The number of nitrogens with one attached hydrogen (secondary N) is 2. The minimum absolute atomic E-state index is 0.164. The van der Waals surface area contributed by atoms with Gasteiger partial charge in [-0.3, -0.25) is 14.2 Å². The van der Waals surface area contributed by atoms with Crippen LogP contribution in [0.25, 0.3) is 10.9 Å². The number of para-hydroxylation sites is 1. The van der Waals surface area contributed by atoms with E-state index in [2.05, 4.69) is 41.0 Å². The van der Waals surface area contributed by atoms with E-state index in [4.69, 9.17) is 12.2 Å². The molecule has 30 heavy (non-hydrogen) atoms. The van der Waals surface area contributed by atoms with Crippen LogP contribution >= 0.6 is 12.2 Å². The molecule has 0 spiro atoms. The van der Waals surface area contributed by atoms with Crippen LogP contribution in [-0.4, -0.2) is 35.6 Å². The minimum atomic E-state index is -0.192. The standard InChI is InChI=1S/C23H26N4O2S/c1-3-14-27-22(29)19-12-11-17(16-20(19)25-23(27)30)21(28)24-13-7-8-15-26(2)18-9-5-4-6-10-18/h3-6,9-12,16H,1,7-8,13-15H2,2H3,(H,24,28)(H,25,30). The number of allylic oxidation sites excluding steroid dienone is 1. The topological polar surface area (TPSA) is 70.1 Å². The zero-order valence-electron chi connectivity index (χ0n) is 17.1. The average molecular weight is 423 g/mol. The SMILES string of the molecule is C=CCn1c(=S)[nH]c2cc(C(=O)NCCCCN(C)c3ccccc3)ccc2c1=O. The number of nitrogens with zero attached hydrogens (tertiary/aromatic N) is 2. The molecule has 0 fully saturated rings. The van der Waals surface area contributed by atoms with Crippen molar-refractivity contribution in [1.29, 1.82) is 0 Å². The summed E-state index contributed by atoms with van der Waals surface area (Å²) in [6, 6.07) is 15.2. The first kappa shape index (κ1) is 21.5. The van der Waals surface area contributed by atoms with Gasteiger partial charge in [-0.25, -0.2) is 0 Å². The fourth-order valence-corrected chi connectivity index (χ4v) is 3.55. The van der Waals surface area contributed by atoms with Crippen molar-refractivity contribution in [2.45, 2.75) is 19.4 Å². The highest BCUT2D eigenvalue weighted by atomic mass is 32.1. The molecule has 0 aliphatic rings. The van der Waals surface area contributed by atoms with E-state index in [1.165, 1.54) is 10.3 Å². The van der Waals surface area contributed by atoms with Gasteiger partial charge in [0.2, 0.25) is 0 Å². The van der Waals surface area contributed by atoms with E-state index in [0.29, 0.717) is 34.3 Å². The molecular formula is C23H26N4O2S. The van der Waals surface area contributed by atoms with Gasteiger partial charge in [-0.15, -0.1) is 6.58 Å². The summed E-state index contributed by atoms with van der Waals surface area (Å²) >= 11 is 5.25. The van der Waals surface area contributed by atoms with E-state index in [-0.39, 0.29) is 11.5 Å². The van der Waals surface area contributed by atoms with Crippen LogP contribution in [0.15, 0.2) is 66.0 Å². The van der Waals surface area contributed by atoms with Crippen LogP contribution in [0.4, 0.5) is 5.69 Å². The fourth-order valence-electron chi connectivity index (χ4n) is 3.28. The van der Waals surface area contributed by atoms with Gasteiger partial charge in [-0.05, 0) is 55.4 Å². The summed E-state index contributed by atoms with van der Waals surface area (Å²) in [5.41, 5.74) is 2.04. The summed E-state index contributed by atoms with van der Waals surface area (Å²) in [5.74, 6) is -0.164. The summed E-state index contributed by atoms with van der Waals surface area (Å²) in [6.45, 7) is 5.50. The van der Waals surface area contributed by atoms with Crippen LogP contribution in [0.2, 0.25) is 0 Å². The van der Waals surface area contributed by atoms with Crippen LogP contribution < -0.4 is 15.8 Å². The van der Waals surface area contributed by atoms with Gasteiger partial charge in [0, 0.05) is 37.9 Å². The van der Waals surface area contributed by atoms with Crippen LogP contribution in [0.5, 0.6) is 0 Å². The maximum absolute atomic E-state index is 12.5. The number of amides is 1. The van der Waals surface area contributed by atoms with Crippen LogP contribution in [-0.2, 0) is 6.54 Å². The molecule has 0 aliphatic carbocycles. The van der Waals surface area contributed by atoms with E-state index in [9.17, 15) is 9.59 Å². The van der Waals surface area contributed by atoms with E-state index < -0.39 is 0 Å². The first-order valence-corrected chi connectivity index (χ1v) is 10.3. The zero-order chi connectivity index (χ0) is 21.5. The molecule has 1 heterocycles. The molecule has 6 nitrogen and oxygen atoms in total. The van der Waals surface area contributed by atoms with Gasteiger partial charge in [-0.2, -0.15) is 0 Å². The number of hydrogen-bond acceptors (Lipinski definition) is 4. The highest BCUT2D eigenvalue weighted by Gasteiger charge is 2.10. The Balaban J connectivity index is 1.56. The highest BCUT2D eigenvalue weighted by molar-refractivity contribution is 7.71. The van der Waals surface area contributed by atoms with Crippen molar-refractivity contribution in [3.63, 3.8) is 0 Å². The lowest BCUT2D eigenvalue weighted by atomic mass is 10.1. The Kier molecular flexibility index (Phi) is 7.19. The molecule has 0 saturated heterocycles. The third-order valence-electron chi connectivity index (χ3n) is 4.96. The van der Waals surface area contributed by atoms with Crippen LogP contribution in [0.3, 0.4) is 0 Å². The van der Waals surface area contributed by atoms with Crippen molar-refractivity contribution in [2.75, 3.05) is 25.0 Å². The van der Waals surface area contributed by atoms with Crippen molar-refractivity contribution in [2.24, 2.45) is 0 Å². The molecule has 1 aromatic heterocycles. The molecule has 0 saturated carbocycles. The minimum Gasteiger partial charge on any atom is -0.375 e. The van der Waals surface area contributed by atoms with Gasteiger partial charge in [0.15, 0.2) is 4.77 Å². The Hall–Kier alpha value is -3.19. The third kappa shape index (κ3) is 5.04. The Labute approximate surface area is 180 Å². The largest absolute Gasteiger partial charge is 0.375 e. The summed E-state index contributed by atoms with van der Waals surface area (Å²) in [4.78, 5) is 30.3. The first-order chi connectivity index (χ1) is 14.5. The van der Waals surface area contributed by atoms with E-state index >= 15 is 0 Å². The number of anilines is 1. The predicted octanol–water partition coefficient (Wildman–Crippen LogP) is 3.89. The van der Waals surface area contributed by atoms with E-state index in [1.54, 1.807) is 24.3 Å². The number of fused-ring (bicyclic) bond motifs is 1. The lowest BCUT2D eigenvalue weighted by Crippen LogP contribution is -2.26. The molecular weight excluding hydrogens is 396 g/mol. The summed E-state index contributed by atoms with van der Waals surface area (Å²) in [5, 5.41) is 3.44. The summed E-state index contributed by atoms with van der Waals surface area (Å²) < 4.78 is 1.75. The van der Waals surface area contributed by atoms with Crippen molar-refractivity contribution in [3.05, 3.63) is 81.9 Å².